The number of carbonyl (C=O) groups is 2. The van der Waals surface area contributed by atoms with Gasteiger partial charge in [-0.3, -0.25) is 19.2 Å². The first-order chi connectivity index (χ1) is 16.9. The van der Waals surface area contributed by atoms with Crippen LogP contribution in [0.5, 0.6) is 0 Å². The molecule has 184 valence electrons. The number of fused-ring (bicyclic) bond motifs is 1. The van der Waals surface area contributed by atoms with Crippen LogP contribution in [0.15, 0.2) is 47.1 Å². The predicted octanol–water partition coefficient (Wildman–Crippen LogP) is 5.41. The zero-order valence-electron chi connectivity index (χ0n) is 20.8. The normalized spacial score (nSPS) is 21.3. The lowest BCUT2D eigenvalue weighted by molar-refractivity contribution is -0.127. The van der Waals surface area contributed by atoms with Crippen molar-refractivity contribution >= 4 is 17.5 Å². The lowest BCUT2D eigenvalue weighted by Crippen LogP contribution is -2.65. The van der Waals surface area contributed by atoms with E-state index >= 15 is 0 Å². The molecule has 0 spiro atoms. The molecule has 7 nitrogen and oxygen atoms in total. The molecule has 1 saturated carbocycles. The van der Waals surface area contributed by atoms with E-state index in [1.54, 1.807) is 28.0 Å². The van der Waals surface area contributed by atoms with Crippen LogP contribution in [0.1, 0.15) is 73.5 Å². The standard InChI is InChI=1S/C28H34N4O3/c1-19-11-9-14-23(20(19)2)32-26(33)24-17-22(25-15-10-16-35-25)30-31(24)18-28(32,3)27(34)29-21-12-7-5-4-6-8-13-21/h9-11,14-17,21H,4-8,12-13,18H2,1-3H3,(H,29,34)/t28-/m1/s1. The van der Waals surface area contributed by atoms with Crippen LogP contribution >= 0.6 is 0 Å². The highest BCUT2D eigenvalue weighted by atomic mass is 16.3. The quantitative estimate of drug-likeness (QED) is 0.548. The second kappa shape index (κ2) is 9.36. The molecule has 1 N–H and O–H groups in total. The molecule has 1 aliphatic carbocycles. The minimum absolute atomic E-state index is 0.127. The summed E-state index contributed by atoms with van der Waals surface area (Å²) >= 11 is 0. The molecule has 0 saturated heterocycles. The van der Waals surface area contributed by atoms with Crippen molar-refractivity contribution in [3.05, 3.63) is 59.5 Å². The Morgan fingerprint density at radius 3 is 2.54 bits per heavy atom. The van der Waals surface area contributed by atoms with Gasteiger partial charge in [0.25, 0.3) is 5.91 Å². The molecule has 2 aliphatic rings. The molecule has 2 aromatic heterocycles. The molecule has 3 aromatic rings. The number of aromatic nitrogens is 2. The zero-order valence-corrected chi connectivity index (χ0v) is 20.8. The number of carbonyl (C=O) groups excluding carboxylic acids is 2. The number of rotatable bonds is 4. The van der Waals surface area contributed by atoms with E-state index in [4.69, 9.17) is 4.42 Å². The van der Waals surface area contributed by atoms with Crippen LogP contribution in [0.3, 0.4) is 0 Å². The van der Waals surface area contributed by atoms with Gasteiger partial charge in [-0.2, -0.15) is 5.10 Å². The van der Waals surface area contributed by atoms with Gasteiger partial charge in [-0.1, -0.05) is 44.2 Å². The topological polar surface area (TPSA) is 80.4 Å². The second-order valence-corrected chi connectivity index (χ2v) is 10.2. The Morgan fingerprint density at radius 1 is 1.09 bits per heavy atom. The largest absolute Gasteiger partial charge is 0.463 e. The second-order valence-electron chi connectivity index (χ2n) is 10.2. The van der Waals surface area contributed by atoms with Crippen LogP contribution in [-0.4, -0.2) is 33.2 Å². The Morgan fingerprint density at radius 2 is 1.83 bits per heavy atom. The number of nitrogens with one attached hydrogen (secondary N) is 1. The summed E-state index contributed by atoms with van der Waals surface area (Å²) in [6.07, 6.45) is 9.49. The third kappa shape index (κ3) is 4.28. The zero-order chi connectivity index (χ0) is 24.6. The summed E-state index contributed by atoms with van der Waals surface area (Å²) in [5, 5.41) is 7.98. The van der Waals surface area contributed by atoms with Gasteiger partial charge in [0.05, 0.1) is 12.8 Å². The van der Waals surface area contributed by atoms with Gasteiger partial charge in [-0.05, 0) is 62.9 Å². The number of anilines is 1. The maximum absolute atomic E-state index is 14.0. The number of benzene rings is 1. The highest BCUT2D eigenvalue weighted by molar-refractivity contribution is 6.12. The molecule has 1 aliphatic heterocycles. The lowest BCUT2D eigenvalue weighted by Gasteiger charge is -2.44. The van der Waals surface area contributed by atoms with Crippen LogP contribution < -0.4 is 10.2 Å². The van der Waals surface area contributed by atoms with Gasteiger partial charge in [0.15, 0.2) is 5.76 Å². The molecule has 1 aromatic carbocycles. The van der Waals surface area contributed by atoms with Crippen molar-refractivity contribution in [1.82, 2.24) is 15.1 Å². The van der Waals surface area contributed by atoms with Crippen molar-refractivity contribution < 1.29 is 14.0 Å². The molecular weight excluding hydrogens is 440 g/mol. The van der Waals surface area contributed by atoms with E-state index in [0.717, 1.165) is 42.5 Å². The van der Waals surface area contributed by atoms with E-state index < -0.39 is 5.54 Å². The number of aryl methyl sites for hydroxylation is 1. The van der Waals surface area contributed by atoms with Crippen LogP contribution in [0.2, 0.25) is 0 Å². The van der Waals surface area contributed by atoms with E-state index in [-0.39, 0.29) is 24.4 Å². The van der Waals surface area contributed by atoms with Crippen molar-refractivity contribution in [2.45, 2.75) is 83.8 Å². The number of amides is 2. The van der Waals surface area contributed by atoms with Crippen molar-refractivity contribution in [3.8, 4) is 11.5 Å². The summed E-state index contributed by atoms with van der Waals surface area (Å²) in [6.45, 7) is 6.16. The molecule has 2 amide bonds. The van der Waals surface area contributed by atoms with Gasteiger partial charge >= 0.3 is 0 Å². The Hall–Kier alpha value is -3.35. The maximum atomic E-state index is 14.0. The molecule has 5 rings (SSSR count). The number of hydrogen-bond acceptors (Lipinski definition) is 4. The van der Waals surface area contributed by atoms with Gasteiger partial charge < -0.3 is 9.73 Å². The SMILES string of the molecule is Cc1cccc(N2C(=O)c3cc(-c4ccco4)nn3C[C@]2(C)C(=O)NC2CCCCCCC2)c1C. The Kier molecular flexibility index (Phi) is 6.26. The van der Waals surface area contributed by atoms with Crippen LogP contribution in [0.25, 0.3) is 11.5 Å². The fourth-order valence-corrected chi connectivity index (χ4v) is 5.42. The molecule has 0 bridgehead atoms. The van der Waals surface area contributed by atoms with Crippen LogP contribution in [0, 0.1) is 13.8 Å². The Labute approximate surface area is 206 Å². The molecule has 0 radical (unpaired) electrons. The van der Waals surface area contributed by atoms with Gasteiger partial charge in [-0.15, -0.1) is 0 Å². The van der Waals surface area contributed by atoms with Crippen molar-refractivity contribution in [2.24, 2.45) is 0 Å². The first-order valence-corrected chi connectivity index (χ1v) is 12.7. The first kappa shape index (κ1) is 23.4. The summed E-state index contributed by atoms with van der Waals surface area (Å²) < 4.78 is 7.19. The smallest absolute Gasteiger partial charge is 0.277 e. The monoisotopic (exact) mass is 474 g/mol. The van der Waals surface area contributed by atoms with Gasteiger partial charge in [0.2, 0.25) is 5.91 Å². The number of furan rings is 1. The summed E-state index contributed by atoms with van der Waals surface area (Å²) in [5.74, 6) is 0.238. The average Bonchev–Trinajstić information content (AvgIpc) is 3.48. The van der Waals surface area contributed by atoms with E-state index in [1.807, 2.05) is 45.0 Å². The van der Waals surface area contributed by atoms with Crippen molar-refractivity contribution in [3.63, 3.8) is 0 Å². The molecule has 1 fully saturated rings. The Bertz CT molecular complexity index is 1220. The summed E-state index contributed by atoms with van der Waals surface area (Å²) in [4.78, 5) is 29.7. The van der Waals surface area contributed by atoms with E-state index in [0.29, 0.717) is 17.1 Å². The fraction of sp³-hybridized carbons (Fsp3) is 0.464. The molecule has 3 heterocycles. The van der Waals surface area contributed by atoms with E-state index in [1.165, 1.54) is 19.3 Å². The predicted molar refractivity (Wildman–Crippen MR) is 135 cm³/mol. The molecule has 1 atom stereocenters. The van der Waals surface area contributed by atoms with Crippen molar-refractivity contribution in [2.75, 3.05) is 4.90 Å². The van der Waals surface area contributed by atoms with Gasteiger partial charge in [0, 0.05) is 17.8 Å². The maximum Gasteiger partial charge on any atom is 0.277 e. The molecule has 7 heteroatoms. The van der Waals surface area contributed by atoms with Crippen LogP contribution in [0.4, 0.5) is 5.69 Å². The fourth-order valence-electron chi connectivity index (χ4n) is 5.42. The Balaban J connectivity index is 1.55. The third-order valence-electron chi connectivity index (χ3n) is 7.67. The molecular formula is C28H34N4O3. The summed E-state index contributed by atoms with van der Waals surface area (Å²) in [6, 6.07) is 11.4. The minimum Gasteiger partial charge on any atom is -0.463 e. The van der Waals surface area contributed by atoms with Crippen molar-refractivity contribution in [1.29, 1.82) is 0 Å². The summed E-state index contributed by atoms with van der Waals surface area (Å²) in [7, 11) is 0. The minimum atomic E-state index is -1.13. The van der Waals surface area contributed by atoms with E-state index in [9.17, 15) is 9.59 Å². The van der Waals surface area contributed by atoms with E-state index in [2.05, 4.69) is 10.4 Å². The number of nitrogens with zero attached hydrogens (tertiary/aromatic N) is 3. The van der Waals surface area contributed by atoms with Gasteiger partial charge in [-0.25, -0.2) is 0 Å². The lowest BCUT2D eigenvalue weighted by atomic mass is 9.91. The van der Waals surface area contributed by atoms with Gasteiger partial charge in [0.1, 0.15) is 16.9 Å². The molecule has 35 heavy (non-hydrogen) atoms. The average molecular weight is 475 g/mol. The highest BCUT2D eigenvalue weighted by Crippen LogP contribution is 2.37. The third-order valence-corrected chi connectivity index (χ3v) is 7.67. The molecule has 0 unspecified atom stereocenters. The van der Waals surface area contributed by atoms with Crippen LogP contribution in [-0.2, 0) is 11.3 Å². The highest BCUT2D eigenvalue weighted by Gasteiger charge is 2.49. The first-order valence-electron chi connectivity index (χ1n) is 12.7. The summed E-state index contributed by atoms with van der Waals surface area (Å²) in [5.41, 5.74) is 2.74. The number of hydrogen-bond donors (Lipinski definition) is 1.